The van der Waals surface area contributed by atoms with Crippen molar-refractivity contribution in [3.05, 3.63) is 28.3 Å². The fraction of sp³-hybridized carbons (Fsp3) is 0.182. The van der Waals surface area contributed by atoms with Gasteiger partial charge in [0.05, 0.1) is 11.5 Å². The summed E-state index contributed by atoms with van der Waals surface area (Å²) in [4.78, 5) is 21.2. The maximum absolute atomic E-state index is 11.3. The number of nitrogens with zero attached hydrogens (tertiary/aromatic N) is 3. The average molecular weight is 278 g/mol. The van der Waals surface area contributed by atoms with Crippen LogP contribution in [0.15, 0.2) is 23.3 Å². The van der Waals surface area contributed by atoms with Gasteiger partial charge in [-0.25, -0.2) is 4.79 Å². The lowest BCUT2D eigenvalue weighted by Gasteiger charge is -2.04. The molecule has 9 heteroatoms. The predicted octanol–water partition coefficient (Wildman–Crippen LogP) is 1.15. The second-order valence-electron chi connectivity index (χ2n) is 3.36. The number of nitrogens with one attached hydrogen (secondary N) is 1. The Morgan fingerprint density at radius 3 is 2.90 bits per heavy atom. The van der Waals surface area contributed by atoms with Crippen LogP contribution in [0.3, 0.4) is 0 Å². The molecular formula is C11H10N4O5. The molecular weight excluding hydrogens is 268 g/mol. The summed E-state index contributed by atoms with van der Waals surface area (Å²) >= 11 is 0. The number of nitriles is 1. The molecule has 0 fully saturated rings. The molecule has 0 amide bonds. The number of benzene rings is 1. The molecule has 1 rings (SSSR count). The summed E-state index contributed by atoms with van der Waals surface area (Å²) in [6, 6.07) is 4.71. The Labute approximate surface area is 113 Å². The molecule has 2 N–H and O–H groups in total. The average Bonchev–Trinajstić information content (AvgIpc) is 2.41. The summed E-state index contributed by atoms with van der Waals surface area (Å²) in [7, 11) is 0. The zero-order valence-corrected chi connectivity index (χ0v) is 10.4. The van der Waals surface area contributed by atoms with Gasteiger partial charge >= 0.3 is 5.97 Å². The molecule has 0 unspecified atom stereocenters. The number of non-ortho nitro benzene ring substituents is 1. The summed E-state index contributed by atoms with van der Waals surface area (Å²) in [6.45, 7) is 1.63. The van der Waals surface area contributed by atoms with Gasteiger partial charge in [-0.2, -0.15) is 10.4 Å². The molecule has 0 radical (unpaired) electrons. The fourth-order valence-corrected chi connectivity index (χ4v) is 1.16. The van der Waals surface area contributed by atoms with Gasteiger partial charge in [0, 0.05) is 12.1 Å². The van der Waals surface area contributed by atoms with Crippen molar-refractivity contribution in [3.8, 4) is 11.8 Å². The molecule has 0 aliphatic heterocycles. The number of esters is 1. The van der Waals surface area contributed by atoms with E-state index in [0.29, 0.717) is 0 Å². The molecule has 0 aliphatic rings. The zero-order valence-electron chi connectivity index (χ0n) is 10.4. The van der Waals surface area contributed by atoms with Gasteiger partial charge in [-0.1, -0.05) is 0 Å². The second kappa shape index (κ2) is 6.69. The van der Waals surface area contributed by atoms with Gasteiger partial charge in [0.25, 0.3) is 5.69 Å². The third kappa shape index (κ3) is 3.67. The number of carbonyl (C=O) groups is 1. The summed E-state index contributed by atoms with van der Waals surface area (Å²) < 4.78 is 4.57. The lowest BCUT2D eigenvalue weighted by molar-refractivity contribution is -0.384. The predicted molar refractivity (Wildman–Crippen MR) is 68.1 cm³/mol. The first kappa shape index (κ1) is 14.9. The van der Waals surface area contributed by atoms with E-state index in [0.717, 1.165) is 18.2 Å². The molecule has 1 aromatic carbocycles. The number of rotatable bonds is 5. The van der Waals surface area contributed by atoms with Crippen molar-refractivity contribution in [3.63, 3.8) is 0 Å². The number of carbonyl (C=O) groups excluding carboxylic acids is 1. The van der Waals surface area contributed by atoms with Crippen LogP contribution in [0.2, 0.25) is 0 Å². The van der Waals surface area contributed by atoms with Gasteiger partial charge in [-0.3, -0.25) is 15.5 Å². The van der Waals surface area contributed by atoms with E-state index in [1.807, 2.05) is 0 Å². The summed E-state index contributed by atoms with van der Waals surface area (Å²) in [5, 5.41) is 32.2. The largest absolute Gasteiger partial charge is 0.506 e. The lowest BCUT2D eigenvalue weighted by Crippen LogP contribution is -2.17. The third-order valence-electron chi connectivity index (χ3n) is 2.05. The van der Waals surface area contributed by atoms with E-state index < -0.39 is 16.6 Å². The topological polar surface area (TPSA) is 138 Å². The van der Waals surface area contributed by atoms with Gasteiger partial charge in [0.15, 0.2) is 0 Å². The van der Waals surface area contributed by atoms with Gasteiger partial charge in [-0.15, -0.1) is 0 Å². The Bertz CT molecular complexity index is 605. The minimum absolute atomic E-state index is 0.0710. The SMILES string of the molecule is CCOC(=O)/C(C#N)=N/Nc1cc([N+](=O)[O-])ccc1O. The molecule has 0 saturated heterocycles. The first-order chi connectivity index (χ1) is 9.49. The third-order valence-corrected chi connectivity index (χ3v) is 2.05. The van der Waals surface area contributed by atoms with Crippen molar-refractivity contribution >= 4 is 23.1 Å². The van der Waals surface area contributed by atoms with E-state index in [9.17, 15) is 20.0 Å². The monoisotopic (exact) mass is 278 g/mol. The number of phenolic OH excluding ortho intramolecular Hbond substituents is 1. The van der Waals surface area contributed by atoms with E-state index in [1.54, 1.807) is 6.92 Å². The van der Waals surface area contributed by atoms with Crippen molar-refractivity contribution in [1.29, 1.82) is 5.26 Å². The highest BCUT2D eigenvalue weighted by atomic mass is 16.6. The number of anilines is 1. The van der Waals surface area contributed by atoms with Crippen molar-refractivity contribution < 1.29 is 19.6 Å². The highest BCUT2D eigenvalue weighted by Gasteiger charge is 2.14. The Hall–Kier alpha value is -3.15. The normalized spacial score (nSPS) is 10.5. The Morgan fingerprint density at radius 1 is 1.65 bits per heavy atom. The maximum atomic E-state index is 11.3. The smallest absolute Gasteiger partial charge is 0.369 e. The molecule has 0 heterocycles. The van der Waals surface area contributed by atoms with Crippen LogP contribution in [0.4, 0.5) is 11.4 Å². The van der Waals surface area contributed by atoms with Gasteiger partial charge in [0.2, 0.25) is 5.71 Å². The van der Waals surface area contributed by atoms with Crippen LogP contribution in [-0.2, 0) is 9.53 Å². The lowest BCUT2D eigenvalue weighted by atomic mass is 10.2. The molecule has 0 aliphatic carbocycles. The van der Waals surface area contributed by atoms with E-state index in [-0.39, 0.29) is 23.7 Å². The van der Waals surface area contributed by atoms with E-state index >= 15 is 0 Å². The molecule has 9 nitrogen and oxygen atoms in total. The van der Waals surface area contributed by atoms with Crippen molar-refractivity contribution in [2.24, 2.45) is 5.10 Å². The zero-order chi connectivity index (χ0) is 15.1. The van der Waals surface area contributed by atoms with Crippen LogP contribution in [-0.4, -0.2) is 28.3 Å². The van der Waals surface area contributed by atoms with Crippen molar-refractivity contribution in [2.45, 2.75) is 6.92 Å². The molecule has 1 aromatic rings. The van der Waals surface area contributed by atoms with E-state index in [4.69, 9.17) is 5.26 Å². The van der Waals surface area contributed by atoms with Gasteiger partial charge in [0.1, 0.15) is 17.5 Å². The van der Waals surface area contributed by atoms with Crippen LogP contribution >= 0.6 is 0 Å². The first-order valence-electron chi connectivity index (χ1n) is 5.38. The van der Waals surface area contributed by atoms with Gasteiger partial charge < -0.3 is 9.84 Å². The molecule has 0 saturated carbocycles. The van der Waals surface area contributed by atoms with Crippen LogP contribution in [0, 0.1) is 21.4 Å². The number of hydrogen-bond donors (Lipinski definition) is 2. The molecule has 104 valence electrons. The number of nitro benzene ring substituents is 1. The molecule has 20 heavy (non-hydrogen) atoms. The maximum Gasteiger partial charge on any atom is 0.369 e. The minimum Gasteiger partial charge on any atom is -0.506 e. The Kier molecular flexibility index (Phi) is 4.99. The van der Waals surface area contributed by atoms with E-state index in [2.05, 4.69) is 15.3 Å². The van der Waals surface area contributed by atoms with Crippen molar-refractivity contribution in [2.75, 3.05) is 12.0 Å². The second-order valence-corrected chi connectivity index (χ2v) is 3.36. The molecule has 0 aromatic heterocycles. The quantitative estimate of drug-likeness (QED) is 0.271. The van der Waals surface area contributed by atoms with E-state index in [1.165, 1.54) is 6.07 Å². The number of aromatic hydroxyl groups is 1. The van der Waals surface area contributed by atoms with Crippen molar-refractivity contribution in [1.82, 2.24) is 0 Å². The number of hydrazone groups is 1. The summed E-state index contributed by atoms with van der Waals surface area (Å²) in [5.41, 5.74) is 1.24. The number of hydrogen-bond acceptors (Lipinski definition) is 8. The van der Waals surface area contributed by atoms with Crippen LogP contribution in [0.1, 0.15) is 6.92 Å². The summed E-state index contributed by atoms with van der Waals surface area (Å²) in [6.07, 6.45) is 0. The van der Waals surface area contributed by atoms with Crippen LogP contribution in [0.5, 0.6) is 5.75 Å². The highest BCUT2D eigenvalue weighted by Crippen LogP contribution is 2.27. The Morgan fingerprint density at radius 2 is 2.35 bits per heavy atom. The van der Waals surface area contributed by atoms with Crippen LogP contribution in [0.25, 0.3) is 0 Å². The highest BCUT2D eigenvalue weighted by molar-refractivity contribution is 6.43. The first-order valence-corrected chi connectivity index (χ1v) is 5.38. The minimum atomic E-state index is -0.938. The number of phenols is 1. The number of ether oxygens (including phenoxy) is 1. The molecule has 0 spiro atoms. The Balaban J connectivity index is 2.98. The number of nitro groups is 1. The standard InChI is InChI=1S/C11H10N4O5/c1-2-20-11(17)9(6-12)14-13-8-5-7(15(18)19)3-4-10(8)16/h3-5,13,16H,2H2,1H3/b14-9+. The summed E-state index contributed by atoms with van der Waals surface area (Å²) in [5.74, 6) is -1.26. The van der Waals surface area contributed by atoms with Crippen LogP contribution < -0.4 is 5.43 Å². The molecule has 0 bridgehead atoms. The van der Waals surface area contributed by atoms with Gasteiger partial charge in [-0.05, 0) is 13.0 Å². The fourth-order valence-electron chi connectivity index (χ4n) is 1.16. The molecule has 0 atom stereocenters.